The molecule has 9 heteroatoms. The number of carbonyl (C=O) groups excluding carboxylic acids is 2. The molecule has 2 N–H and O–H groups in total. The van der Waals surface area contributed by atoms with Crippen LogP contribution in [0.3, 0.4) is 0 Å². The molecule has 0 spiro atoms. The van der Waals surface area contributed by atoms with Gasteiger partial charge in [0.15, 0.2) is 5.13 Å². The Morgan fingerprint density at radius 3 is 2.32 bits per heavy atom. The number of benzene rings is 2. The molecule has 0 radical (unpaired) electrons. The first-order valence-corrected chi connectivity index (χ1v) is 12.5. The van der Waals surface area contributed by atoms with Gasteiger partial charge in [0.2, 0.25) is 0 Å². The maximum Gasteiger partial charge on any atom is 0.264 e. The summed E-state index contributed by atoms with van der Waals surface area (Å²) in [6.45, 7) is 0. The van der Waals surface area contributed by atoms with Crippen LogP contribution in [0.2, 0.25) is 0 Å². The van der Waals surface area contributed by atoms with Crippen molar-refractivity contribution in [2.24, 2.45) is 0 Å². The highest BCUT2D eigenvalue weighted by atomic mass is 32.2. The minimum absolute atomic E-state index is 0.208. The first-order valence-electron chi connectivity index (χ1n) is 9.94. The second-order valence-electron chi connectivity index (χ2n) is 6.98. The van der Waals surface area contributed by atoms with E-state index in [-0.39, 0.29) is 11.5 Å². The Bertz CT molecular complexity index is 1500. The first kappa shape index (κ1) is 22.9. The lowest BCUT2D eigenvalue weighted by Gasteiger charge is -2.11. The summed E-state index contributed by atoms with van der Waals surface area (Å²) in [4.78, 5) is 34.1. The normalized spacial score (nSPS) is 12.0. The van der Waals surface area contributed by atoms with E-state index >= 15 is 0 Å². The van der Waals surface area contributed by atoms with E-state index in [1.807, 2.05) is 6.07 Å². The third-order valence-electron chi connectivity index (χ3n) is 4.47. The minimum atomic E-state index is -3.01. The Morgan fingerprint density at radius 2 is 1.59 bits per heavy atom. The first-order chi connectivity index (χ1) is 16.4. The number of pyridine rings is 1. The van der Waals surface area contributed by atoms with Crippen LogP contribution in [0.15, 0.2) is 90.2 Å². The lowest BCUT2D eigenvalue weighted by molar-refractivity contribution is 0.0980. The van der Waals surface area contributed by atoms with Gasteiger partial charge in [0.1, 0.15) is 0 Å². The zero-order valence-corrected chi connectivity index (χ0v) is 19.4. The zero-order valence-electron chi connectivity index (χ0n) is 17.7. The Hall–Kier alpha value is -4.26. The Balaban J connectivity index is 1.44. The van der Waals surface area contributed by atoms with Crippen LogP contribution in [0, 0.1) is 11.8 Å². The maximum atomic E-state index is 12.8. The molecule has 34 heavy (non-hydrogen) atoms. The fourth-order valence-electron chi connectivity index (χ4n) is 2.82. The number of hydrogen-bond donors (Lipinski definition) is 2. The molecule has 0 saturated heterocycles. The molecule has 4 rings (SSSR count). The van der Waals surface area contributed by atoms with Crippen molar-refractivity contribution in [2.75, 3.05) is 5.32 Å². The number of nitrogens with zero attached hydrogens (tertiary/aromatic N) is 2. The van der Waals surface area contributed by atoms with Crippen LogP contribution < -0.4 is 10.0 Å². The average molecular weight is 487 g/mol. The Labute approximate surface area is 201 Å². The summed E-state index contributed by atoms with van der Waals surface area (Å²) < 4.78 is 15.3. The summed E-state index contributed by atoms with van der Waals surface area (Å²) in [7, 11) is -3.01. The summed E-state index contributed by atoms with van der Waals surface area (Å²) in [6, 6.07) is 18.9. The van der Waals surface area contributed by atoms with Crippen molar-refractivity contribution in [3.8, 4) is 11.8 Å². The molecule has 168 valence electrons. The van der Waals surface area contributed by atoms with Crippen LogP contribution in [-0.2, 0) is 9.71 Å². The largest absolute Gasteiger partial charge is 0.298 e. The summed E-state index contributed by atoms with van der Waals surface area (Å²) >= 11 is 1.23. The number of amides is 2. The molecule has 1 unspecified atom stereocenters. The topological polar surface area (TPSA) is 101 Å². The van der Waals surface area contributed by atoms with Crippen LogP contribution in [0.25, 0.3) is 0 Å². The predicted octanol–water partition coefficient (Wildman–Crippen LogP) is 3.61. The molecule has 0 aliphatic rings. The maximum absolute atomic E-state index is 12.8. The number of thiazole rings is 1. The van der Waals surface area contributed by atoms with Gasteiger partial charge >= 0.3 is 0 Å². The van der Waals surface area contributed by atoms with Crippen molar-refractivity contribution in [3.05, 3.63) is 107 Å². The van der Waals surface area contributed by atoms with Crippen LogP contribution in [0.1, 0.15) is 31.2 Å². The Morgan fingerprint density at radius 1 is 0.882 bits per heavy atom. The summed E-state index contributed by atoms with van der Waals surface area (Å²) in [5.74, 6) is 8.71. The SMILES string of the molecule is C=S(=O)(NC(=O)c1cncc(C#Cc2cnc(NC(=O)c3ccccc3)s2)c1)c1ccccc1. The van der Waals surface area contributed by atoms with Gasteiger partial charge in [0.05, 0.1) is 26.3 Å². The molecule has 2 aromatic carbocycles. The molecule has 0 bridgehead atoms. The van der Waals surface area contributed by atoms with Crippen LogP contribution in [0.5, 0.6) is 0 Å². The third-order valence-corrected chi connectivity index (χ3v) is 6.85. The lowest BCUT2D eigenvalue weighted by Crippen LogP contribution is -2.30. The van der Waals surface area contributed by atoms with Crippen molar-refractivity contribution in [2.45, 2.75) is 4.90 Å². The van der Waals surface area contributed by atoms with Gasteiger partial charge in [-0.25, -0.2) is 9.19 Å². The second-order valence-corrected chi connectivity index (χ2v) is 10.0. The minimum Gasteiger partial charge on any atom is -0.298 e. The summed E-state index contributed by atoms with van der Waals surface area (Å²) in [5.41, 5.74) is 1.23. The van der Waals surface area contributed by atoms with Crippen molar-refractivity contribution >= 4 is 43.9 Å². The van der Waals surface area contributed by atoms with Crippen molar-refractivity contribution in [1.82, 2.24) is 14.7 Å². The fraction of sp³-hybridized carbons (Fsp3) is 0. The molecular formula is C25H18N4O3S2. The van der Waals surface area contributed by atoms with Gasteiger partial charge in [-0.3, -0.25) is 24.6 Å². The van der Waals surface area contributed by atoms with E-state index in [1.54, 1.807) is 66.9 Å². The van der Waals surface area contributed by atoms with Gasteiger partial charge in [0.25, 0.3) is 11.8 Å². The van der Waals surface area contributed by atoms with Gasteiger partial charge in [-0.05, 0) is 42.1 Å². The number of hydrogen-bond acceptors (Lipinski definition) is 6. The van der Waals surface area contributed by atoms with Crippen molar-refractivity contribution in [1.29, 1.82) is 0 Å². The van der Waals surface area contributed by atoms with E-state index in [1.165, 1.54) is 23.7 Å². The van der Waals surface area contributed by atoms with Crippen LogP contribution >= 0.6 is 11.3 Å². The number of nitrogens with one attached hydrogen (secondary N) is 2. The fourth-order valence-corrected chi connectivity index (χ4v) is 4.62. The number of anilines is 1. The van der Waals surface area contributed by atoms with Crippen molar-refractivity contribution < 1.29 is 13.8 Å². The van der Waals surface area contributed by atoms with Gasteiger partial charge < -0.3 is 0 Å². The standard InChI is InChI=1S/C25H18N4O3S2/c1-34(32,22-10-6-3-7-11-22)29-24(31)20-14-18(15-26-16-20)12-13-21-17-27-25(33-21)28-23(30)19-8-4-2-5-9-19/h2-11,14-17H,1H2,(H,27,28,30)(H,29,31,32). The van der Waals surface area contributed by atoms with E-state index in [9.17, 15) is 13.8 Å². The molecule has 2 amide bonds. The number of rotatable bonds is 5. The predicted molar refractivity (Wildman–Crippen MR) is 134 cm³/mol. The molecule has 2 heterocycles. The zero-order chi connectivity index (χ0) is 24.0. The molecule has 1 atom stereocenters. The van der Waals surface area contributed by atoms with E-state index in [2.05, 4.69) is 37.7 Å². The highest BCUT2D eigenvalue weighted by Crippen LogP contribution is 2.18. The van der Waals surface area contributed by atoms with E-state index in [4.69, 9.17) is 0 Å². The second kappa shape index (κ2) is 10.1. The third kappa shape index (κ3) is 5.75. The van der Waals surface area contributed by atoms with Gasteiger partial charge in [-0.1, -0.05) is 53.7 Å². The average Bonchev–Trinajstić information content (AvgIpc) is 3.31. The molecular weight excluding hydrogens is 468 g/mol. The van der Waals surface area contributed by atoms with Crippen LogP contribution in [0.4, 0.5) is 5.13 Å². The number of aromatic nitrogens is 2. The molecule has 2 aromatic heterocycles. The molecule has 7 nitrogen and oxygen atoms in total. The highest BCUT2D eigenvalue weighted by molar-refractivity contribution is 7.99. The molecule has 0 saturated carbocycles. The summed E-state index contributed by atoms with van der Waals surface area (Å²) in [5, 5.41) is 3.16. The van der Waals surface area contributed by atoms with E-state index < -0.39 is 15.6 Å². The quantitative estimate of drug-likeness (QED) is 0.332. The number of carbonyl (C=O) groups is 2. The molecule has 4 aromatic rings. The van der Waals surface area contributed by atoms with Gasteiger partial charge in [-0.15, -0.1) is 0 Å². The van der Waals surface area contributed by atoms with Gasteiger partial charge in [-0.2, -0.15) is 0 Å². The monoisotopic (exact) mass is 486 g/mol. The smallest absolute Gasteiger partial charge is 0.264 e. The Kier molecular flexibility index (Phi) is 6.82. The molecule has 0 aliphatic heterocycles. The lowest BCUT2D eigenvalue weighted by atomic mass is 10.2. The van der Waals surface area contributed by atoms with E-state index in [0.29, 0.717) is 26.0 Å². The van der Waals surface area contributed by atoms with Gasteiger partial charge in [0, 0.05) is 28.4 Å². The van der Waals surface area contributed by atoms with E-state index in [0.717, 1.165) is 0 Å². The molecule has 0 aliphatic carbocycles. The molecule has 0 fully saturated rings. The highest BCUT2D eigenvalue weighted by Gasteiger charge is 2.14. The van der Waals surface area contributed by atoms with Crippen molar-refractivity contribution in [3.63, 3.8) is 0 Å². The summed E-state index contributed by atoms with van der Waals surface area (Å²) in [6.07, 6.45) is 4.44. The van der Waals surface area contributed by atoms with Crippen LogP contribution in [-0.4, -0.2) is 31.9 Å².